The lowest BCUT2D eigenvalue weighted by Gasteiger charge is -2.32. The van der Waals surface area contributed by atoms with Crippen LogP contribution in [0.15, 0.2) is 12.4 Å². The monoisotopic (exact) mass is 225 g/mol. The molecule has 0 fully saturated rings. The van der Waals surface area contributed by atoms with Gasteiger partial charge in [-0.25, -0.2) is 0 Å². The summed E-state index contributed by atoms with van der Waals surface area (Å²) >= 11 is 0. The van der Waals surface area contributed by atoms with Crippen LogP contribution in [0.25, 0.3) is 0 Å². The highest BCUT2D eigenvalue weighted by molar-refractivity contribution is 4.79. The van der Waals surface area contributed by atoms with E-state index in [1.807, 2.05) is 0 Å². The Kier molecular flexibility index (Phi) is 5.89. The molecule has 1 aliphatic heterocycles. The van der Waals surface area contributed by atoms with Gasteiger partial charge in [0.05, 0.1) is 19.3 Å². The van der Waals surface area contributed by atoms with Gasteiger partial charge in [0, 0.05) is 7.05 Å². The number of hydrogen-bond acceptors (Lipinski definition) is 1. The molecular weight excluding hydrogens is 196 g/mol. The van der Waals surface area contributed by atoms with E-state index in [-0.39, 0.29) is 0 Å². The molecule has 16 heavy (non-hydrogen) atoms. The highest BCUT2D eigenvalue weighted by Gasteiger charge is 2.29. The van der Waals surface area contributed by atoms with Crippen LogP contribution in [0.1, 0.15) is 52.4 Å². The van der Waals surface area contributed by atoms with Gasteiger partial charge in [0.2, 0.25) is 0 Å². The molecule has 2 nitrogen and oxygen atoms in total. The molecule has 0 saturated heterocycles. The van der Waals surface area contributed by atoms with E-state index >= 15 is 0 Å². The Balaban J connectivity index is 2.36. The number of rotatable bonds is 8. The molecule has 0 amide bonds. The molecule has 0 aromatic heterocycles. The largest absolute Gasteiger partial charge is 0.329 e. The number of hydrogen-bond donors (Lipinski definition) is 0. The van der Waals surface area contributed by atoms with Crippen LogP contribution in [0.3, 0.4) is 0 Å². The van der Waals surface area contributed by atoms with E-state index in [9.17, 15) is 0 Å². The van der Waals surface area contributed by atoms with E-state index in [1.54, 1.807) is 0 Å². The summed E-state index contributed by atoms with van der Waals surface area (Å²) in [6.07, 6.45) is 12.9. The number of quaternary nitrogens is 1. The molecule has 0 N–H and O–H groups in total. The van der Waals surface area contributed by atoms with E-state index in [0.717, 1.165) is 0 Å². The van der Waals surface area contributed by atoms with Crippen LogP contribution in [0.5, 0.6) is 0 Å². The van der Waals surface area contributed by atoms with E-state index < -0.39 is 0 Å². The summed E-state index contributed by atoms with van der Waals surface area (Å²) in [5, 5.41) is 0. The van der Waals surface area contributed by atoms with E-state index in [2.05, 4.69) is 38.2 Å². The van der Waals surface area contributed by atoms with Gasteiger partial charge < -0.3 is 4.90 Å². The molecule has 0 saturated carbocycles. The Hall–Kier alpha value is -0.500. The molecule has 0 spiro atoms. The quantitative estimate of drug-likeness (QED) is 0.451. The Labute approximate surface area is 102 Å². The van der Waals surface area contributed by atoms with Gasteiger partial charge >= 0.3 is 0 Å². The smallest absolute Gasteiger partial charge is 0.158 e. The van der Waals surface area contributed by atoms with Gasteiger partial charge in [-0.15, -0.1) is 0 Å². The molecule has 0 aliphatic carbocycles. The van der Waals surface area contributed by atoms with Gasteiger partial charge in [0.25, 0.3) is 0 Å². The van der Waals surface area contributed by atoms with E-state index in [1.165, 1.54) is 62.8 Å². The molecule has 0 aromatic rings. The van der Waals surface area contributed by atoms with Crippen LogP contribution >= 0.6 is 0 Å². The summed E-state index contributed by atoms with van der Waals surface area (Å²) in [7, 11) is 2.19. The molecule has 1 aliphatic rings. The van der Waals surface area contributed by atoms with Crippen LogP contribution in [-0.4, -0.2) is 36.2 Å². The lowest BCUT2D eigenvalue weighted by molar-refractivity contribution is -0.881. The van der Waals surface area contributed by atoms with Gasteiger partial charge in [0.1, 0.15) is 6.20 Å². The number of unbranched alkanes of at least 4 members (excludes halogenated alkanes) is 4. The Morgan fingerprint density at radius 2 is 1.69 bits per heavy atom. The maximum Gasteiger partial charge on any atom is 0.158 e. The lowest BCUT2D eigenvalue weighted by atomic mass is 10.2. The van der Waals surface area contributed by atoms with Crippen LogP contribution in [0.4, 0.5) is 0 Å². The maximum atomic E-state index is 2.42. The average molecular weight is 225 g/mol. The second-order valence-corrected chi connectivity index (χ2v) is 5.28. The fourth-order valence-electron chi connectivity index (χ4n) is 2.52. The molecule has 0 bridgehead atoms. The third-order valence-corrected chi connectivity index (χ3v) is 3.56. The minimum atomic E-state index is 1.19. The zero-order valence-corrected chi connectivity index (χ0v) is 11.4. The van der Waals surface area contributed by atoms with E-state index in [0.29, 0.717) is 0 Å². The molecule has 1 rings (SSSR count). The van der Waals surface area contributed by atoms with Crippen molar-refractivity contribution in [3.8, 4) is 0 Å². The van der Waals surface area contributed by atoms with Crippen LogP contribution in [-0.2, 0) is 0 Å². The van der Waals surface area contributed by atoms with E-state index in [4.69, 9.17) is 0 Å². The van der Waals surface area contributed by atoms with Crippen LogP contribution in [0.2, 0.25) is 0 Å². The zero-order chi connectivity index (χ0) is 11.9. The first kappa shape index (κ1) is 13.6. The predicted octanol–water partition coefficient (Wildman–Crippen LogP) is 3.56. The Bertz CT molecular complexity index is 213. The Morgan fingerprint density at radius 1 is 1.00 bits per heavy atom. The topological polar surface area (TPSA) is 3.24 Å². The first-order valence-corrected chi connectivity index (χ1v) is 6.98. The fraction of sp³-hybridized carbons (Fsp3) is 0.857. The molecule has 1 unspecified atom stereocenters. The standard InChI is InChI=1S/C14H29N2/c1-4-6-8-9-12-16(11-7-5-2)13-10-15(3)14-16/h10,13H,4-9,11-12,14H2,1-3H3/q+1. The normalized spacial score (nSPS) is 24.3. The summed E-state index contributed by atoms with van der Waals surface area (Å²) < 4.78 is 1.20. The van der Waals surface area contributed by atoms with Crippen molar-refractivity contribution in [2.24, 2.45) is 0 Å². The minimum absolute atomic E-state index is 1.19. The molecule has 2 heteroatoms. The van der Waals surface area contributed by atoms with Crippen molar-refractivity contribution in [2.75, 3.05) is 26.8 Å². The molecule has 94 valence electrons. The molecule has 1 atom stereocenters. The van der Waals surface area contributed by atoms with Gasteiger partial charge in [0.15, 0.2) is 6.67 Å². The number of nitrogens with zero attached hydrogens (tertiary/aromatic N) is 2. The summed E-state index contributed by atoms with van der Waals surface area (Å²) in [5.74, 6) is 0. The van der Waals surface area contributed by atoms with Gasteiger partial charge in [-0.1, -0.05) is 33.1 Å². The van der Waals surface area contributed by atoms with Gasteiger partial charge in [-0.3, -0.25) is 4.48 Å². The summed E-state index contributed by atoms with van der Waals surface area (Å²) in [4.78, 5) is 2.33. The van der Waals surface area contributed by atoms with Gasteiger partial charge in [-0.2, -0.15) is 0 Å². The Morgan fingerprint density at radius 3 is 2.25 bits per heavy atom. The SMILES string of the molecule is CCCCCC[N+]1(CCCC)C=CN(C)C1. The fourth-order valence-corrected chi connectivity index (χ4v) is 2.52. The summed E-state index contributed by atoms with van der Waals surface area (Å²) in [6.45, 7) is 8.42. The second kappa shape index (κ2) is 6.95. The molecule has 0 aromatic carbocycles. The lowest BCUT2D eigenvalue weighted by Crippen LogP contribution is -2.45. The third-order valence-electron chi connectivity index (χ3n) is 3.56. The summed E-state index contributed by atoms with van der Waals surface area (Å²) in [6, 6.07) is 0. The predicted molar refractivity (Wildman–Crippen MR) is 70.8 cm³/mol. The highest BCUT2D eigenvalue weighted by atomic mass is 15.5. The van der Waals surface area contributed by atoms with Crippen molar-refractivity contribution in [2.45, 2.75) is 52.4 Å². The average Bonchev–Trinajstić information content (AvgIpc) is 2.65. The second-order valence-electron chi connectivity index (χ2n) is 5.28. The van der Waals surface area contributed by atoms with Crippen molar-refractivity contribution in [1.82, 2.24) is 4.90 Å². The highest BCUT2D eigenvalue weighted by Crippen LogP contribution is 2.20. The first-order chi connectivity index (χ1) is 7.72. The summed E-state index contributed by atoms with van der Waals surface area (Å²) in [5.41, 5.74) is 0. The van der Waals surface area contributed by atoms with Crippen molar-refractivity contribution in [3.05, 3.63) is 12.4 Å². The van der Waals surface area contributed by atoms with Crippen LogP contribution < -0.4 is 0 Å². The van der Waals surface area contributed by atoms with Crippen molar-refractivity contribution in [3.63, 3.8) is 0 Å². The molecule has 0 radical (unpaired) electrons. The maximum absolute atomic E-state index is 2.42. The van der Waals surface area contributed by atoms with Crippen molar-refractivity contribution >= 4 is 0 Å². The zero-order valence-electron chi connectivity index (χ0n) is 11.4. The van der Waals surface area contributed by atoms with Crippen molar-refractivity contribution < 1.29 is 4.48 Å². The first-order valence-electron chi connectivity index (χ1n) is 6.98. The van der Waals surface area contributed by atoms with Gasteiger partial charge in [-0.05, 0) is 19.3 Å². The van der Waals surface area contributed by atoms with Crippen molar-refractivity contribution in [1.29, 1.82) is 0 Å². The third kappa shape index (κ3) is 4.17. The molecular formula is C14H29N2+. The molecule has 1 heterocycles. The minimum Gasteiger partial charge on any atom is -0.329 e. The van der Waals surface area contributed by atoms with Crippen LogP contribution in [0, 0.1) is 0 Å².